The lowest BCUT2D eigenvalue weighted by molar-refractivity contribution is 0.389. The molecular weight excluding hydrogens is 186 g/mol. The number of hydrogen-bond acceptors (Lipinski definition) is 2. The van der Waals surface area contributed by atoms with Crippen molar-refractivity contribution in [3.05, 3.63) is 12.4 Å². The van der Waals surface area contributed by atoms with E-state index in [2.05, 4.69) is 41.8 Å². The Kier molecular flexibility index (Phi) is 2.72. The molecule has 1 aromatic rings. The molecular formula is C12H21N3. The Morgan fingerprint density at radius 3 is 2.80 bits per heavy atom. The third-order valence-corrected chi connectivity index (χ3v) is 2.77. The maximum absolute atomic E-state index is 4.35. The zero-order valence-electron chi connectivity index (χ0n) is 9.95. The summed E-state index contributed by atoms with van der Waals surface area (Å²) in [6, 6.07) is 0.713. The van der Waals surface area contributed by atoms with Crippen molar-refractivity contribution in [2.75, 3.05) is 11.9 Å². The van der Waals surface area contributed by atoms with Crippen molar-refractivity contribution in [2.45, 2.75) is 46.1 Å². The summed E-state index contributed by atoms with van der Waals surface area (Å²) < 4.78 is 2.27. The third kappa shape index (κ3) is 2.98. The molecule has 15 heavy (non-hydrogen) atoms. The van der Waals surface area contributed by atoms with Crippen LogP contribution in [0.1, 0.15) is 46.1 Å². The third-order valence-electron chi connectivity index (χ3n) is 2.77. The first kappa shape index (κ1) is 10.5. The fourth-order valence-corrected chi connectivity index (χ4v) is 1.65. The van der Waals surface area contributed by atoms with Crippen molar-refractivity contribution in [1.82, 2.24) is 9.55 Å². The van der Waals surface area contributed by atoms with Gasteiger partial charge in [-0.1, -0.05) is 20.8 Å². The van der Waals surface area contributed by atoms with Gasteiger partial charge in [-0.3, -0.25) is 0 Å². The molecule has 3 nitrogen and oxygen atoms in total. The minimum absolute atomic E-state index is 0.393. The van der Waals surface area contributed by atoms with Gasteiger partial charge in [-0.15, -0.1) is 0 Å². The van der Waals surface area contributed by atoms with Crippen LogP contribution in [0.15, 0.2) is 12.4 Å². The second kappa shape index (κ2) is 3.87. The van der Waals surface area contributed by atoms with Crippen LogP contribution in [0.4, 0.5) is 5.95 Å². The second-order valence-corrected chi connectivity index (χ2v) is 5.63. The molecule has 0 bridgehead atoms. The van der Waals surface area contributed by atoms with E-state index in [1.807, 2.05) is 6.20 Å². The predicted molar refractivity (Wildman–Crippen MR) is 63.1 cm³/mol. The molecule has 0 spiro atoms. The van der Waals surface area contributed by atoms with Gasteiger partial charge in [-0.25, -0.2) is 4.98 Å². The minimum Gasteiger partial charge on any atom is -0.356 e. The van der Waals surface area contributed by atoms with Crippen LogP contribution < -0.4 is 5.32 Å². The van der Waals surface area contributed by atoms with Gasteiger partial charge in [0.1, 0.15) is 0 Å². The molecule has 1 heterocycles. The Morgan fingerprint density at radius 1 is 1.47 bits per heavy atom. The van der Waals surface area contributed by atoms with Crippen LogP contribution >= 0.6 is 0 Å². The maximum Gasteiger partial charge on any atom is 0.203 e. The van der Waals surface area contributed by atoms with Gasteiger partial charge in [-0.2, -0.15) is 0 Å². The summed E-state index contributed by atoms with van der Waals surface area (Å²) in [5.41, 5.74) is 0.393. The SMILES string of the molecule is CC(C)(C)CCNc1nccn1C1CC1. The van der Waals surface area contributed by atoms with Crippen molar-refractivity contribution in [1.29, 1.82) is 0 Å². The number of nitrogens with one attached hydrogen (secondary N) is 1. The van der Waals surface area contributed by atoms with E-state index in [0.29, 0.717) is 11.5 Å². The Labute approximate surface area is 91.9 Å². The molecule has 1 aromatic heterocycles. The molecule has 3 heteroatoms. The minimum atomic E-state index is 0.393. The topological polar surface area (TPSA) is 29.9 Å². The average molecular weight is 207 g/mol. The highest BCUT2D eigenvalue weighted by Crippen LogP contribution is 2.36. The van der Waals surface area contributed by atoms with Crippen LogP contribution in [-0.4, -0.2) is 16.1 Å². The Balaban J connectivity index is 1.85. The molecule has 0 amide bonds. The van der Waals surface area contributed by atoms with E-state index in [9.17, 15) is 0 Å². The normalized spacial score (nSPS) is 16.7. The first-order valence-electron chi connectivity index (χ1n) is 5.83. The molecule has 1 fully saturated rings. The van der Waals surface area contributed by atoms with Gasteiger partial charge in [-0.05, 0) is 24.7 Å². The summed E-state index contributed by atoms with van der Waals surface area (Å²) in [6.07, 6.45) is 7.76. The Morgan fingerprint density at radius 2 is 2.20 bits per heavy atom. The average Bonchev–Trinajstić information content (AvgIpc) is 2.86. The largest absolute Gasteiger partial charge is 0.356 e. The number of anilines is 1. The standard InChI is InChI=1S/C12H21N3/c1-12(2,3)6-7-13-11-14-8-9-15(11)10-4-5-10/h8-10H,4-7H2,1-3H3,(H,13,14). The van der Waals surface area contributed by atoms with E-state index < -0.39 is 0 Å². The first-order chi connectivity index (χ1) is 7.06. The smallest absolute Gasteiger partial charge is 0.203 e. The number of hydrogen-bond donors (Lipinski definition) is 1. The summed E-state index contributed by atoms with van der Waals surface area (Å²) >= 11 is 0. The van der Waals surface area contributed by atoms with E-state index >= 15 is 0 Å². The molecule has 0 saturated heterocycles. The lowest BCUT2D eigenvalue weighted by Gasteiger charge is -2.18. The summed E-state index contributed by atoms with van der Waals surface area (Å²) in [7, 11) is 0. The molecule has 1 aliphatic rings. The van der Waals surface area contributed by atoms with E-state index in [1.165, 1.54) is 19.3 Å². The van der Waals surface area contributed by atoms with Gasteiger partial charge < -0.3 is 9.88 Å². The van der Waals surface area contributed by atoms with Crippen molar-refractivity contribution < 1.29 is 0 Å². The van der Waals surface area contributed by atoms with Crippen molar-refractivity contribution in [3.63, 3.8) is 0 Å². The number of rotatable bonds is 4. The molecule has 1 saturated carbocycles. The molecule has 1 aliphatic carbocycles. The lowest BCUT2D eigenvalue weighted by atomic mass is 9.92. The van der Waals surface area contributed by atoms with Gasteiger partial charge in [0.05, 0.1) is 0 Å². The Hall–Kier alpha value is -0.990. The quantitative estimate of drug-likeness (QED) is 0.822. The summed E-state index contributed by atoms with van der Waals surface area (Å²) in [4.78, 5) is 4.35. The summed E-state index contributed by atoms with van der Waals surface area (Å²) in [5.74, 6) is 1.04. The molecule has 2 rings (SSSR count). The Bertz CT molecular complexity index is 318. The van der Waals surface area contributed by atoms with E-state index in [0.717, 1.165) is 12.5 Å². The molecule has 84 valence electrons. The molecule has 1 N–H and O–H groups in total. The second-order valence-electron chi connectivity index (χ2n) is 5.63. The number of nitrogens with zero attached hydrogens (tertiary/aromatic N) is 2. The highest BCUT2D eigenvalue weighted by atomic mass is 15.2. The van der Waals surface area contributed by atoms with Crippen LogP contribution in [-0.2, 0) is 0 Å². The van der Waals surface area contributed by atoms with Gasteiger partial charge in [0.25, 0.3) is 0 Å². The van der Waals surface area contributed by atoms with E-state index in [4.69, 9.17) is 0 Å². The van der Waals surface area contributed by atoms with Gasteiger partial charge >= 0.3 is 0 Å². The zero-order chi connectivity index (χ0) is 10.9. The highest BCUT2D eigenvalue weighted by molar-refractivity contribution is 5.27. The van der Waals surface area contributed by atoms with Crippen LogP contribution in [0.25, 0.3) is 0 Å². The zero-order valence-corrected chi connectivity index (χ0v) is 9.95. The van der Waals surface area contributed by atoms with Crippen molar-refractivity contribution in [2.24, 2.45) is 5.41 Å². The molecule has 0 unspecified atom stereocenters. The van der Waals surface area contributed by atoms with Crippen LogP contribution in [0.3, 0.4) is 0 Å². The summed E-state index contributed by atoms with van der Waals surface area (Å²) in [5, 5.41) is 3.42. The van der Waals surface area contributed by atoms with Crippen LogP contribution in [0, 0.1) is 5.41 Å². The number of aromatic nitrogens is 2. The predicted octanol–water partition coefficient (Wildman–Crippen LogP) is 3.07. The molecule has 0 aliphatic heterocycles. The molecule has 0 radical (unpaired) electrons. The van der Waals surface area contributed by atoms with Crippen LogP contribution in [0.2, 0.25) is 0 Å². The van der Waals surface area contributed by atoms with Crippen molar-refractivity contribution >= 4 is 5.95 Å². The summed E-state index contributed by atoms with van der Waals surface area (Å²) in [6.45, 7) is 7.80. The fourth-order valence-electron chi connectivity index (χ4n) is 1.65. The van der Waals surface area contributed by atoms with Crippen molar-refractivity contribution in [3.8, 4) is 0 Å². The molecule has 0 atom stereocenters. The van der Waals surface area contributed by atoms with Gasteiger partial charge in [0.2, 0.25) is 5.95 Å². The maximum atomic E-state index is 4.35. The highest BCUT2D eigenvalue weighted by Gasteiger charge is 2.25. The number of imidazole rings is 1. The van der Waals surface area contributed by atoms with Crippen LogP contribution in [0.5, 0.6) is 0 Å². The molecule has 0 aromatic carbocycles. The van der Waals surface area contributed by atoms with E-state index in [-0.39, 0.29) is 0 Å². The fraction of sp³-hybridized carbons (Fsp3) is 0.750. The lowest BCUT2D eigenvalue weighted by Crippen LogP contribution is -2.15. The van der Waals surface area contributed by atoms with Gasteiger partial charge in [0, 0.05) is 25.0 Å². The van der Waals surface area contributed by atoms with Gasteiger partial charge in [0.15, 0.2) is 0 Å². The first-order valence-corrected chi connectivity index (χ1v) is 5.83. The van der Waals surface area contributed by atoms with E-state index in [1.54, 1.807) is 0 Å². The monoisotopic (exact) mass is 207 g/mol.